The molecule has 8 nitrogen and oxygen atoms in total. The highest BCUT2D eigenvalue weighted by Crippen LogP contribution is 2.23. The third-order valence-corrected chi connectivity index (χ3v) is 6.10. The molecule has 2 amide bonds. The highest BCUT2D eigenvalue weighted by atomic mass is 32.2. The van der Waals surface area contributed by atoms with Gasteiger partial charge in [0.1, 0.15) is 5.75 Å². The lowest BCUT2D eigenvalue weighted by molar-refractivity contribution is -0.113. The quantitative estimate of drug-likeness (QED) is 0.295. The van der Waals surface area contributed by atoms with Crippen LogP contribution in [-0.2, 0) is 4.79 Å². The molecule has 35 heavy (non-hydrogen) atoms. The van der Waals surface area contributed by atoms with Crippen molar-refractivity contribution in [2.75, 3.05) is 18.2 Å². The number of para-hydroxylation sites is 1. The predicted octanol–water partition coefficient (Wildman–Crippen LogP) is 4.70. The summed E-state index contributed by atoms with van der Waals surface area (Å²) < 4.78 is 5.17. The summed E-state index contributed by atoms with van der Waals surface area (Å²) in [5.74, 6) is 0.925. The van der Waals surface area contributed by atoms with Crippen molar-refractivity contribution in [1.29, 1.82) is 0 Å². The van der Waals surface area contributed by atoms with E-state index in [1.54, 1.807) is 31.4 Å². The maximum Gasteiger partial charge on any atom is 0.253 e. The Kier molecular flexibility index (Phi) is 7.79. The molecule has 4 rings (SSSR count). The molecule has 0 fully saturated rings. The van der Waals surface area contributed by atoms with Crippen molar-refractivity contribution in [3.63, 3.8) is 0 Å². The molecule has 3 N–H and O–H groups in total. The second kappa shape index (κ2) is 11.3. The van der Waals surface area contributed by atoms with Gasteiger partial charge in [-0.15, -0.1) is 5.10 Å². The number of carbonyl (C=O) groups excluding carboxylic acids is 2. The van der Waals surface area contributed by atoms with E-state index in [0.29, 0.717) is 22.2 Å². The molecule has 1 heterocycles. The van der Waals surface area contributed by atoms with E-state index in [1.807, 2.05) is 61.5 Å². The summed E-state index contributed by atoms with van der Waals surface area (Å²) in [5, 5.41) is 13.3. The van der Waals surface area contributed by atoms with Gasteiger partial charge in [-0.2, -0.15) is 0 Å². The number of aromatic nitrogens is 3. The third-order valence-electron chi connectivity index (χ3n) is 5.25. The monoisotopic (exact) mass is 487 g/mol. The summed E-state index contributed by atoms with van der Waals surface area (Å²) in [4.78, 5) is 29.9. The molecule has 178 valence electrons. The second-order valence-corrected chi connectivity index (χ2v) is 8.63. The summed E-state index contributed by atoms with van der Waals surface area (Å²) in [6.45, 7) is 1.92. The number of aromatic amines is 1. The number of amides is 2. The molecule has 0 saturated heterocycles. The van der Waals surface area contributed by atoms with Crippen LogP contribution >= 0.6 is 11.8 Å². The second-order valence-electron chi connectivity index (χ2n) is 7.68. The molecule has 4 aromatic rings. The van der Waals surface area contributed by atoms with E-state index >= 15 is 0 Å². The van der Waals surface area contributed by atoms with Gasteiger partial charge in [0, 0.05) is 5.56 Å². The molecule has 0 saturated carbocycles. The van der Waals surface area contributed by atoms with E-state index in [9.17, 15) is 9.59 Å². The number of nitrogens with zero attached hydrogens (tertiary/aromatic N) is 2. The number of hydrogen-bond acceptors (Lipinski definition) is 6. The maximum atomic E-state index is 12.9. The van der Waals surface area contributed by atoms with Crippen LogP contribution in [-0.4, -0.2) is 39.9 Å². The van der Waals surface area contributed by atoms with Crippen LogP contribution in [0.2, 0.25) is 0 Å². The SMILES string of the molecule is COc1ccc(-c2nc(SCC(=O)Nc3ccccc3C(=O)N[C@H](C)c3ccccc3)n[nH]2)cc1. The maximum absolute atomic E-state index is 12.9. The molecule has 0 unspecified atom stereocenters. The Bertz CT molecular complexity index is 1290. The highest BCUT2D eigenvalue weighted by Gasteiger charge is 2.16. The molecule has 0 aliphatic heterocycles. The Morgan fingerprint density at radius 1 is 1.00 bits per heavy atom. The number of benzene rings is 3. The van der Waals surface area contributed by atoms with Gasteiger partial charge in [0.15, 0.2) is 5.82 Å². The van der Waals surface area contributed by atoms with Crippen molar-refractivity contribution in [3.8, 4) is 17.1 Å². The van der Waals surface area contributed by atoms with E-state index in [2.05, 4.69) is 25.8 Å². The lowest BCUT2D eigenvalue weighted by Crippen LogP contribution is -2.28. The molecule has 0 radical (unpaired) electrons. The Morgan fingerprint density at radius 2 is 1.71 bits per heavy atom. The fourth-order valence-corrected chi connectivity index (χ4v) is 3.99. The smallest absolute Gasteiger partial charge is 0.253 e. The van der Waals surface area contributed by atoms with Crippen LogP contribution in [0.15, 0.2) is 84.0 Å². The summed E-state index contributed by atoms with van der Waals surface area (Å²) in [5.41, 5.74) is 2.71. The molecular formula is C26H25N5O3S. The van der Waals surface area contributed by atoms with Gasteiger partial charge in [-0.3, -0.25) is 14.7 Å². The molecule has 1 aromatic heterocycles. The van der Waals surface area contributed by atoms with E-state index in [4.69, 9.17) is 4.74 Å². The van der Waals surface area contributed by atoms with Crippen molar-refractivity contribution in [3.05, 3.63) is 90.0 Å². The van der Waals surface area contributed by atoms with Gasteiger partial charge >= 0.3 is 0 Å². The van der Waals surface area contributed by atoms with Crippen LogP contribution in [0, 0.1) is 0 Å². The Hall–Kier alpha value is -4.11. The first-order chi connectivity index (χ1) is 17.0. The number of ether oxygens (including phenoxy) is 1. The highest BCUT2D eigenvalue weighted by molar-refractivity contribution is 7.99. The zero-order chi connectivity index (χ0) is 24.6. The van der Waals surface area contributed by atoms with E-state index in [0.717, 1.165) is 16.9 Å². The molecule has 9 heteroatoms. The number of thioether (sulfide) groups is 1. The van der Waals surface area contributed by atoms with E-state index in [1.165, 1.54) is 11.8 Å². The van der Waals surface area contributed by atoms with Gasteiger partial charge in [0.05, 0.1) is 30.2 Å². The van der Waals surface area contributed by atoms with Crippen LogP contribution in [0.4, 0.5) is 5.69 Å². The van der Waals surface area contributed by atoms with Crippen LogP contribution < -0.4 is 15.4 Å². The lowest BCUT2D eigenvalue weighted by Gasteiger charge is -2.16. The first kappa shape index (κ1) is 24.0. The van der Waals surface area contributed by atoms with Gasteiger partial charge in [-0.1, -0.05) is 54.2 Å². The summed E-state index contributed by atoms with van der Waals surface area (Å²) in [6, 6.07) is 23.9. The van der Waals surface area contributed by atoms with Crippen molar-refractivity contribution in [2.45, 2.75) is 18.1 Å². The Balaban J connectivity index is 1.35. The molecule has 1 atom stereocenters. The minimum absolute atomic E-state index is 0.0935. The third kappa shape index (κ3) is 6.27. The molecular weight excluding hydrogens is 462 g/mol. The zero-order valence-corrected chi connectivity index (χ0v) is 20.1. The van der Waals surface area contributed by atoms with Crippen LogP contribution in [0.3, 0.4) is 0 Å². The van der Waals surface area contributed by atoms with Gasteiger partial charge in [0.25, 0.3) is 5.91 Å². The van der Waals surface area contributed by atoms with Crippen molar-refractivity contribution in [1.82, 2.24) is 20.5 Å². The predicted molar refractivity (Wildman–Crippen MR) is 136 cm³/mol. The Morgan fingerprint density at radius 3 is 2.46 bits per heavy atom. The normalized spacial score (nSPS) is 11.5. The van der Waals surface area contributed by atoms with Gasteiger partial charge in [0.2, 0.25) is 11.1 Å². The topological polar surface area (TPSA) is 109 Å². The van der Waals surface area contributed by atoms with Gasteiger partial charge < -0.3 is 15.4 Å². The largest absolute Gasteiger partial charge is 0.497 e. The van der Waals surface area contributed by atoms with E-state index < -0.39 is 0 Å². The molecule has 0 aliphatic rings. The number of carbonyl (C=O) groups is 2. The molecule has 3 aromatic carbocycles. The van der Waals surface area contributed by atoms with E-state index in [-0.39, 0.29) is 23.6 Å². The van der Waals surface area contributed by atoms with Crippen LogP contribution in [0.5, 0.6) is 5.75 Å². The minimum Gasteiger partial charge on any atom is -0.497 e. The van der Waals surface area contributed by atoms with Crippen LogP contribution in [0.1, 0.15) is 28.9 Å². The number of anilines is 1. The molecule has 0 spiro atoms. The number of H-pyrrole nitrogens is 1. The summed E-state index contributed by atoms with van der Waals surface area (Å²) in [7, 11) is 1.61. The average Bonchev–Trinajstić information content (AvgIpc) is 3.37. The minimum atomic E-state index is -0.262. The van der Waals surface area contributed by atoms with Gasteiger partial charge in [-0.05, 0) is 48.9 Å². The number of hydrogen-bond donors (Lipinski definition) is 3. The zero-order valence-electron chi connectivity index (χ0n) is 19.3. The van der Waals surface area contributed by atoms with Crippen molar-refractivity contribution >= 4 is 29.3 Å². The average molecular weight is 488 g/mol. The first-order valence-electron chi connectivity index (χ1n) is 11.0. The standard InChI is InChI=1S/C26H25N5O3S/c1-17(18-8-4-3-5-9-18)27-25(33)21-10-6-7-11-22(21)28-23(32)16-35-26-29-24(30-31-26)19-12-14-20(34-2)15-13-19/h3-15,17H,16H2,1-2H3,(H,27,33)(H,28,32)(H,29,30,31)/t17-/m1/s1. The van der Waals surface area contributed by atoms with Gasteiger partial charge in [-0.25, -0.2) is 4.98 Å². The van der Waals surface area contributed by atoms with Crippen LogP contribution in [0.25, 0.3) is 11.4 Å². The lowest BCUT2D eigenvalue weighted by atomic mass is 10.1. The number of methoxy groups -OCH3 is 1. The fraction of sp³-hybridized carbons (Fsp3) is 0.154. The fourth-order valence-electron chi connectivity index (χ4n) is 3.39. The van der Waals surface area contributed by atoms with Crippen molar-refractivity contribution in [2.24, 2.45) is 0 Å². The Labute approximate surface area is 207 Å². The first-order valence-corrected chi connectivity index (χ1v) is 12.0. The number of nitrogens with one attached hydrogen (secondary N) is 3. The summed E-state index contributed by atoms with van der Waals surface area (Å²) in [6.07, 6.45) is 0. The number of rotatable bonds is 9. The molecule has 0 aliphatic carbocycles. The molecule has 0 bridgehead atoms. The van der Waals surface area contributed by atoms with Crippen molar-refractivity contribution < 1.29 is 14.3 Å². The summed E-state index contributed by atoms with van der Waals surface area (Å²) >= 11 is 1.20.